The van der Waals surface area contributed by atoms with E-state index in [-0.39, 0.29) is 44.8 Å². The molecule has 0 heterocycles. The van der Waals surface area contributed by atoms with Gasteiger partial charge in [-0.05, 0) is 44.6 Å². The summed E-state index contributed by atoms with van der Waals surface area (Å²) in [5.74, 6) is -4.96. The molecule has 0 saturated carbocycles. The van der Waals surface area contributed by atoms with Gasteiger partial charge in [-0.3, -0.25) is 33.8 Å². The van der Waals surface area contributed by atoms with Crippen LogP contribution >= 0.6 is 0 Å². The van der Waals surface area contributed by atoms with Crippen LogP contribution in [0.25, 0.3) is 0 Å². The summed E-state index contributed by atoms with van der Waals surface area (Å²) in [6.07, 6.45) is 6.13. The van der Waals surface area contributed by atoms with Crippen molar-refractivity contribution < 1.29 is 44.1 Å². The second kappa shape index (κ2) is 28.6. The summed E-state index contributed by atoms with van der Waals surface area (Å²) in [5.41, 5.74) is 11.5. The van der Waals surface area contributed by atoms with Crippen molar-refractivity contribution in [1.29, 1.82) is 0 Å². The summed E-state index contributed by atoms with van der Waals surface area (Å²) in [6.45, 7) is 7.33. The molecule has 0 fully saturated rings. The van der Waals surface area contributed by atoms with E-state index in [0.29, 0.717) is 12.0 Å². The first kappa shape index (κ1) is 51.2. The number of aliphatic hydroxyl groups is 3. The third-order valence-corrected chi connectivity index (χ3v) is 9.31. The van der Waals surface area contributed by atoms with Crippen LogP contribution in [0.15, 0.2) is 35.3 Å². The van der Waals surface area contributed by atoms with Crippen LogP contribution in [0.3, 0.4) is 0 Å². The average molecular weight is 820 g/mol. The maximum Gasteiger partial charge on any atom is 0.245 e. The number of benzene rings is 1. The number of amides is 6. The number of guanidine groups is 1. The molecule has 6 amide bonds. The van der Waals surface area contributed by atoms with E-state index >= 15 is 0 Å². The molecule has 1 rings (SSSR count). The molecule has 18 heteroatoms. The average Bonchev–Trinajstić information content (AvgIpc) is 3.18. The number of nitrogens with two attached hydrogens (primary N) is 2. The molecule has 0 saturated heterocycles. The van der Waals surface area contributed by atoms with Crippen molar-refractivity contribution in [1.82, 2.24) is 31.9 Å². The largest absolute Gasteiger partial charge is 0.394 e. The number of aliphatic hydroxyl groups excluding tert-OH is 3. The number of rotatable bonds is 29. The second-order valence-electron chi connectivity index (χ2n) is 15.0. The number of hydrogen-bond acceptors (Lipinski definition) is 10. The van der Waals surface area contributed by atoms with Crippen LogP contribution in [0.4, 0.5) is 0 Å². The van der Waals surface area contributed by atoms with Gasteiger partial charge < -0.3 is 58.7 Å². The fraction of sp³-hybridized carbons (Fsp3) is 0.675. The Labute approximate surface area is 342 Å². The number of carbonyl (C=O) groups excluding carboxylic acids is 6. The Balaban J connectivity index is 3.25. The highest BCUT2D eigenvalue weighted by Gasteiger charge is 2.34. The molecule has 1 aromatic carbocycles. The van der Waals surface area contributed by atoms with Crippen molar-refractivity contribution in [3.63, 3.8) is 0 Å². The van der Waals surface area contributed by atoms with Crippen LogP contribution in [-0.4, -0.2) is 119 Å². The number of hydrogen-bond donors (Lipinski definition) is 11. The smallest absolute Gasteiger partial charge is 0.245 e. The van der Waals surface area contributed by atoms with Gasteiger partial charge in [0, 0.05) is 25.4 Å². The van der Waals surface area contributed by atoms with Crippen molar-refractivity contribution >= 4 is 41.4 Å². The van der Waals surface area contributed by atoms with Gasteiger partial charge >= 0.3 is 0 Å². The Morgan fingerprint density at radius 1 is 0.638 bits per heavy atom. The van der Waals surface area contributed by atoms with Crippen LogP contribution in [0.1, 0.15) is 104 Å². The highest BCUT2D eigenvalue weighted by atomic mass is 16.3. The van der Waals surface area contributed by atoms with E-state index in [1.165, 1.54) is 20.3 Å². The van der Waals surface area contributed by atoms with E-state index in [9.17, 15) is 44.1 Å². The standard InChI is InChI=1S/C40H69N9O9/c1-6-7-8-9-10-11-15-20-32(53)48-34(27(5)52)39(58)49-33(25(2)3)38(57)46-30(22-28-17-13-12-14-18-28)36(55)45-29(19-16-21-43-40(41)42)35(54)47-31(24-51)37(56)44-26(4)23-50/h12-14,17-18,25-27,29-31,33-34,50-52H,6-11,15-16,19-24H2,1-5H3,(H,44,56)(H,45,55)(H,46,57)(H,47,54)(H,48,53)(H,49,58)(H4,41,42,43)/t26-,27-,29+,30+,31+,33+,34+/m1/s1. The molecule has 0 unspecified atom stereocenters. The van der Waals surface area contributed by atoms with Crippen LogP contribution in [0, 0.1) is 5.92 Å². The van der Waals surface area contributed by atoms with Crippen molar-refractivity contribution in [3.05, 3.63) is 35.9 Å². The Morgan fingerprint density at radius 3 is 1.76 bits per heavy atom. The van der Waals surface area contributed by atoms with Gasteiger partial charge in [-0.15, -0.1) is 0 Å². The van der Waals surface area contributed by atoms with Gasteiger partial charge in [0.2, 0.25) is 35.4 Å². The Hall–Kier alpha value is -4.81. The molecule has 0 bridgehead atoms. The zero-order valence-electron chi connectivity index (χ0n) is 34.8. The summed E-state index contributed by atoms with van der Waals surface area (Å²) in [4.78, 5) is 84.3. The molecule has 0 aliphatic carbocycles. The van der Waals surface area contributed by atoms with E-state index in [0.717, 1.165) is 32.1 Å². The Morgan fingerprint density at radius 2 is 1.19 bits per heavy atom. The summed E-state index contributed by atoms with van der Waals surface area (Å²) in [7, 11) is 0. The van der Waals surface area contributed by atoms with Crippen molar-refractivity contribution in [2.24, 2.45) is 22.4 Å². The van der Waals surface area contributed by atoms with Gasteiger partial charge in [0.05, 0.1) is 19.3 Å². The van der Waals surface area contributed by atoms with Gasteiger partial charge in [-0.1, -0.05) is 89.6 Å². The number of aliphatic imine (C=N–C) groups is 1. The maximum absolute atomic E-state index is 14.0. The molecule has 0 aliphatic rings. The van der Waals surface area contributed by atoms with E-state index < -0.39 is 90.3 Å². The second-order valence-corrected chi connectivity index (χ2v) is 15.0. The lowest BCUT2D eigenvalue weighted by Crippen LogP contribution is -2.61. The Bertz CT molecular complexity index is 1440. The summed E-state index contributed by atoms with van der Waals surface area (Å²) in [5, 5.41) is 45.1. The fourth-order valence-corrected chi connectivity index (χ4v) is 5.89. The molecule has 1 aromatic rings. The normalized spacial score (nSPS) is 14.7. The number of nitrogens with zero attached hydrogens (tertiary/aromatic N) is 1. The minimum absolute atomic E-state index is 0.0107. The predicted molar refractivity (Wildman–Crippen MR) is 221 cm³/mol. The molecule has 13 N–H and O–H groups in total. The van der Waals surface area contributed by atoms with E-state index in [1.807, 2.05) is 0 Å². The fourth-order valence-electron chi connectivity index (χ4n) is 5.89. The number of nitrogens with one attached hydrogen (secondary N) is 6. The summed E-state index contributed by atoms with van der Waals surface area (Å²) >= 11 is 0. The zero-order chi connectivity index (χ0) is 43.6. The molecule has 328 valence electrons. The van der Waals surface area contributed by atoms with Crippen molar-refractivity contribution in [2.45, 2.75) is 148 Å². The maximum atomic E-state index is 14.0. The quantitative estimate of drug-likeness (QED) is 0.0275. The first-order valence-electron chi connectivity index (χ1n) is 20.3. The van der Waals surface area contributed by atoms with Gasteiger partial charge in [0.15, 0.2) is 5.96 Å². The van der Waals surface area contributed by atoms with Gasteiger partial charge in [0.25, 0.3) is 0 Å². The summed E-state index contributed by atoms with van der Waals surface area (Å²) < 4.78 is 0. The van der Waals surface area contributed by atoms with Crippen LogP contribution in [-0.2, 0) is 35.2 Å². The van der Waals surface area contributed by atoms with E-state index in [4.69, 9.17) is 11.5 Å². The van der Waals surface area contributed by atoms with Gasteiger partial charge in [-0.25, -0.2) is 0 Å². The lowest BCUT2D eigenvalue weighted by atomic mass is 9.99. The molecule has 0 spiro atoms. The summed E-state index contributed by atoms with van der Waals surface area (Å²) in [6, 6.07) is 1.58. The van der Waals surface area contributed by atoms with Gasteiger partial charge in [0.1, 0.15) is 30.2 Å². The molecule has 18 nitrogen and oxygen atoms in total. The topological polar surface area (TPSA) is 300 Å². The van der Waals surface area contributed by atoms with E-state index in [2.05, 4.69) is 43.8 Å². The van der Waals surface area contributed by atoms with Crippen molar-refractivity contribution in [3.8, 4) is 0 Å². The monoisotopic (exact) mass is 820 g/mol. The van der Waals surface area contributed by atoms with E-state index in [1.54, 1.807) is 44.2 Å². The van der Waals surface area contributed by atoms with Crippen LogP contribution in [0.5, 0.6) is 0 Å². The highest BCUT2D eigenvalue weighted by Crippen LogP contribution is 2.11. The minimum atomic E-state index is -1.41. The molecule has 0 radical (unpaired) electrons. The molecule has 58 heavy (non-hydrogen) atoms. The SMILES string of the molecule is CCCCCCCCCC(=O)N[C@H](C(=O)N[C@H](C(=O)N[C@@H](Cc1ccccc1)C(=O)N[C@@H](CCCN=C(N)N)C(=O)N[C@@H](CO)C(=O)N[C@H](C)CO)C(C)C)[C@@H](C)O. The van der Waals surface area contributed by atoms with Gasteiger partial charge in [-0.2, -0.15) is 0 Å². The lowest BCUT2D eigenvalue weighted by molar-refractivity contribution is -0.136. The predicted octanol–water partition coefficient (Wildman–Crippen LogP) is -0.626. The number of unbranched alkanes of at least 4 members (excludes halogenated alkanes) is 6. The van der Waals surface area contributed by atoms with Crippen LogP contribution < -0.4 is 43.4 Å². The Kier molecular flexibility index (Phi) is 25.2. The molecule has 0 aromatic heterocycles. The first-order valence-corrected chi connectivity index (χ1v) is 20.3. The third-order valence-electron chi connectivity index (χ3n) is 9.31. The third kappa shape index (κ3) is 20.6. The van der Waals surface area contributed by atoms with Crippen LogP contribution in [0.2, 0.25) is 0 Å². The first-order chi connectivity index (χ1) is 27.5. The number of carbonyl (C=O) groups is 6. The zero-order valence-corrected chi connectivity index (χ0v) is 34.8. The lowest BCUT2D eigenvalue weighted by Gasteiger charge is -2.29. The molecule has 7 atom stereocenters. The molecular weight excluding hydrogens is 750 g/mol. The van der Waals surface area contributed by atoms with Crippen molar-refractivity contribution in [2.75, 3.05) is 19.8 Å². The minimum Gasteiger partial charge on any atom is -0.394 e. The highest BCUT2D eigenvalue weighted by molar-refractivity contribution is 5.96. The molecular formula is C40H69N9O9. The molecule has 0 aliphatic heterocycles.